The maximum Gasteiger partial charge on any atom is 0.490 e. The number of alkyl halides is 9. The average molecular weight is 848 g/mol. The number of hydrogen-bond donors (Lipinski definition) is 5. The molecule has 0 bridgehead atoms. The van der Waals surface area contributed by atoms with Crippen LogP contribution in [0.5, 0.6) is 11.5 Å². The van der Waals surface area contributed by atoms with Crippen LogP contribution in [0, 0.1) is 12.8 Å². The third-order valence-electron chi connectivity index (χ3n) is 7.94. The maximum absolute atomic E-state index is 13.4. The number of amides is 1. The van der Waals surface area contributed by atoms with Crippen molar-refractivity contribution in [3.8, 4) is 22.6 Å². The van der Waals surface area contributed by atoms with Crippen LogP contribution in [-0.4, -0.2) is 133 Å². The third-order valence-corrected chi connectivity index (χ3v) is 7.94. The quantitative estimate of drug-likeness (QED) is 0.184. The Labute approximate surface area is 323 Å². The highest BCUT2D eigenvalue weighted by Gasteiger charge is 2.39. The van der Waals surface area contributed by atoms with Crippen LogP contribution in [0.2, 0.25) is 0 Å². The van der Waals surface area contributed by atoms with Gasteiger partial charge in [-0.15, -0.1) is 0 Å². The van der Waals surface area contributed by atoms with E-state index in [2.05, 4.69) is 38.4 Å². The number of carbonyl (C=O) groups excluding carboxylic acids is 1. The molecule has 322 valence electrons. The van der Waals surface area contributed by atoms with Gasteiger partial charge in [-0.3, -0.25) is 14.8 Å². The molecule has 1 saturated heterocycles. The van der Waals surface area contributed by atoms with E-state index in [0.717, 1.165) is 84.7 Å². The van der Waals surface area contributed by atoms with Crippen molar-refractivity contribution >= 4 is 35.2 Å². The van der Waals surface area contributed by atoms with Gasteiger partial charge in [0, 0.05) is 44.5 Å². The molecule has 15 nitrogen and oxygen atoms in total. The molecule has 0 radical (unpaired) electrons. The fourth-order valence-electron chi connectivity index (χ4n) is 4.90. The number of nitrogens with zero attached hydrogens (tertiary/aromatic N) is 3. The molecule has 1 fully saturated rings. The molecule has 58 heavy (non-hydrogen) atoms. The number of aromatic nitrogens is 2. The topological polar surface area (TPSA) is 204 Å². The number of aromatic amines is 1. The van der Waals surface area contributed by atoms with Gasteiger partial charge in [-0.1, -0.05) is 6.07 Å². The zero-order chi connectivity index (χ0) is 44.0. The number of benzene rings is 2. The van der Waals surface area contributed by atoms with E-state index in [1.165, 1.54) is 0 Å². The zero-order valence-electron chi connectivity index (χ0n) is 30.7. The minimum Gasteiger partial charge on any atom is -0.497 e. The number of H-pyrrole nitrogens is 1. The van der Waals surface area contributed by atoms with Crippen LogP contribution in [0.25, 0.3) is 11.1 Å². The molecule has 2 aliphatic heterocycles. The number of halogens is 9. The molecule has 5 rings (SSSR count). The Kier molecular flexibility index (Phi) is 17.6. The van der Waals surface area contributed by atoms with Crippen LogP contribution in [0.1, 0.15) is 11.3 Å². The van der Waals surface area contributed by atoms with Gasteiger partial charge in [-0.2, -0.15) is 44.6 Å². The predicted molar refractivity (Wildman–Crippen MR) is 185 cm³/mol. The number of morpholine rings is 1. The standard InChI is InChI=1S/C28H35N5O4.3C2HF3O2/c1-19-24(17-29-31-19)20-4-6-25(26(16-20)32(2)8-9-33-10-12-36-13-11-33)30-28(34)22-14-21-15-23(35-3)5-7-27(21)37-18-22;3*3-2(4,5)1(6)7/h4-7,15-17,22H,8-14,18H2,1-3H3,(H,29,31)(H,30,34);3*(H,6,7). The molecular weight excluding hydrogens is 809 g/mol. The molecule has 3 aromatic rings. The molecule has 3 heterocycles. The van der Waals surface area contributed by atoms with Crippen LogP contribution in [0.15, 0.2) is 42.6 Å². The first-order chi connectivity index (χ1) is 26.8. The summed E-state index contributed by atoms with van der Waals surface area (Å²) >= 11 is 0. The highest BCUT2D eigenvalue weighted by Crippen LogP contribution is 2.35. The van der Waals surface area contributed by atoms with Crippen LogP contribution in [0.3, 0.4) is 0 Å². The fourth-order valence-corrected chi connectivity index (χ4v) is 4.90. The Morgan fingerprint density at radius 3 is 1.95 bits per heavy atom. The highest BCUT2D eigenvalue weighted by molar-refractivity contribution is 5.97. The largest absolute Gasteiger partial charge is 0.497 e. The summed E-state index contributed by atoms with van der Waals surface area (Å²) in [7, 11) is 3.71. The van der Waals surface area contributed by atoms with Gasteiger partial charge >= 0.3 is 36.4 Å². The van der Waals surface area contributed by atoms with Crippen molar-refractivity contribution in [1.82, 2.24) is 15.1 Å². The molecule has 0 saturated carbocycles. The number of rotatable bonds is 8. The van der Waals surface area contributed by atoms with Crippen LogP contribution >= 0.6 is 0 Å². The molecule has 0 aliphatic carbocycles. The van der Waals surface area contributed by atoms with Crippen molar-refractivity contribution < 1.29 is 88.2 Å². The number of anilines is 2. The van der Waals surface area contributed by atoms with Crippen LogP contribution < -0.4 is 19.7 Å². The third kappa shape index (κ3) is 15.6. The SMILES string of the molecule is COc1ccc2c(c1)CC(C(=O)Nc1ccc(-c3cn[nH]c3C)cc1N(C)CCN1CCOCC1)CO2.O=C(O)C(F)(F)F.O=C(O)C(F)(F)F.O=C(O)C(F)(F)F. The number of fused-ring (bicyclic) bond motifs is 1. The summed E-state index contributed by atoms with van der Waals surface area (Å²) in [5, 5.41) is 31.8. The normalized spacial score (nSPS) is 15.3. The van der Waals surface area contributed by atoms with E-state index >= 15 is 0 Å². The molecule has 1 amide bonds. The second-order valence-corrected chi connectivity index (χ2v) is 12.1. The number of ether oxygens (including phenoxy) is 3. The number of likely N-dealkylation sites (N-methyl/N-ethyl adjacent to an activating group) is 1. The second kappa shape index (κ2) is 21.1. The van der Waals surface area contributed by atoms with E-state index in [9.17, 15) is 44.3 Å². The smallest absolute Gasteiger partial charge is 0.490 e. The predicted octanol–water partition coefficient (Wildman–Crippen LogP) is 5.25. The number of aliphatic carboxylic acids is 3. The first-order valence-electron chi connectivity index (χ1n) is 16.5. The molecule has 0 spiro atoms. The van der Waals surface area contributed by atoms with Gasteiger partial charge in [0.25, 0.3) is 0 Å². The number of carboxylic acids is 3. The van der Waals surface area contributed by atoms with E-state index in [1.54, 1.807) is 7.11 Å². The number of methoxy groups -OCH3 is 1. The maximum atomic E-state index is 13.4. The van der Waals surface area contributed by atoms with Gasteiger partial charge in [0.15, 0.2) is 0 Å². The molecule has 1 aromatic heterocycles. The number of carboxylic acid groups (broad SMARTS) is 3. The van der Waals surface area contributed by atoms with E-state index in [1.807, 2.05) is 43.5 Å². The minimum absolute atomic E-state index is 0.0523. The van der Waals surface area contributed by atoms with E-state index < -0.39 is 36.4 Å². The van der Waals surface area contributed by atoms with Gasteiger partial charge in [-0.25, -0.2) is 14.4 Å². The summed E-state index contributed by atoms with van der Waals surface area (Å²) in [5.74, 6) is -7.04. The lowest BCUT2D eigenvalue weighted by Crippen LogP contribution is -2.41. The molecule has 24 heteroatoms. The van der Waals surface area contributed by atoms with Crippen molar-refractivity contribution in [3.05, 3.63) is 53.9 Å². The number of aryl methyl sites for hydroxylation is 1. The van der Waals surface area contributed by atoms with Crippen molar-refractivity contribution in [2.24, 2.45) is 5.92 Å². The lowest BCUT2D eigenvalue weighted by molar-refractivity contribution is -0.193. The summed E-state index contributed by atoms with van der Waals surface area (Å²) in [4.78, 5) is 44.7. The lowest BCUT2D eigenvalue weighted by atomic mass is 9.95. The summed E-state index contributed by atoms with van der Waals surface area (Å²) in [6.07, 6.45) is -12.8. The molecule has 2 aliphatic rings. The van der Waals surface area contributed by atoms with Crippen molar-refractivity contribution in [3.63, 3.8) is 0 Å². The molecule has 2 aromatic carbocycles. The molecule has 1 atom stereocenters. The summed E-state index contributed by atoms with van der Waals surface area (Å²) in [6, 6.07) is 11.9. The monoisotopic (exact) mass is 847 g/mol. The van der Waals surface area contributed by atoms with E-state index in [0.29, 0.717) is 13.0 Å². The summed E-state index contributed by atoms with van der Waals surface area (Å²) in [6.45, 7) is 7.56. The zero-order valence-corrected chi connectivity index (χ0v) is 30.7. The Bertz CT molecular complexity index is 1790. The highest BCUT2D eigenvalue weighted by atomic mass is 19.4. The molecule has 5 N–H and O–H groups in total. The van der Waals surface area contributed by atoms with Crippen molar-refractivity contribution in [2.45, 2.75) is 31.9 Å². The van der Waals surface area contributed by atoms with Gasteiger partial charge in [-0.05, 0) is 54.8 Å². The average Bonchev–Trinajstić information content (AvgIpc) is 3.59. The van der Waals surface area contributed by atoms with Gasteiger partial charge in [0.2, 0.25) is 5.91 Å². The van der Waals surface area contributed by atoms with Gasteiger partial charge in [0.05, 0.1) is 43.8 Å². The lowest BCUT2D eigenvalue weighted by Gasteiger charge is -2.30. The van der Waals surface area contributed by atoms with Crippen LogP contribution in [-0.2, 0) is 30.3 Å². The summed E-state index contributed by atoms with van der Waals surface area (Å²) in [5.41, 5.74) is 5.85. The Morgan fingerprint density at radius 2 is 1.47 bits per heavy atom. The minimum atomic E-state index is -5.08. The molecular formula is C34H38F9N5O10. The first kappa shape index (κ1) is 48.4. The van der Waals surface area contributed by atoms with Crippen molar-refractivity contribution in [1.29, 1.82) is 0 Å². The number of hydrogen-bond acceptors (Lipinski definition) is 10. The second-order valence-electron chi connectivity index (χ2n) is 12.1. The Hall–Kier alpha value is -5.78. The van der Waals surface area contributed by atoms with Gasteiger partial charge < -0.3 is 39.7 Å². The van der Waals surface area contributed by atoms with E-state index in [4.69, 9.17) is 43.9 Å². The van der Waals surface area contributed by atoms with E-state index in [-0.39, 0.29) is 11.8 Å². The van der Waals surface area contributed by atoms with Crippen molar-refractivity contribution in [2.75, 3.05) is 70.4 Å². The molecule has 1 unspecified atom stereocenters. The summed E-state index contributed by atoms with van der Waals surface area (Å²) < 4.78 is 112. The van der Waals surface area contributed by atoms with Gasteiger partial charge in [0.1, 0.15) is 18.1 Å². The first-order valence-corrected chi connectivity index (χ1v) is 16.5. The number of carbonyl (C=O) groups is 4. The Balaban J connectivity index is 0.000000453. The number of nitrogens with one attached hydrogen (secondary N) is 2. The Morgan fingerprint density at radius 1 is 0.914 bits per heavy atom. The fraction of sp³-hybridized carbons (Fsp3) is 0.441. The van der Waals surface area contributed by atoms with Crippen LogP contribution in [0.4, 0.5) is 50.9 Å².